The van der Waals surface area contributed by atoms with Gasteiger partial charge in [0.05, 0.1) is 12.8 Å². The molecule has 0 atom stereocenters. The number of anilines is 1. The van der Waals surface area contributed by atoms with Crippen LogP contribution in [0.25, 0.3) is 11.3 Å². The minimum atomic E-state index is -0.357. The molecule has 0 saturated heterocycles. The van der Waals surface area contributed by atoms with Gasteiger partial charge in [0.25, 0.3) is 0 Å². The van der Waals surface area contributed by atoms with E-state index >= 15 is 0 Å². The van der Waals surface area contributed by atoms with Crippen molar-refractivity contribution in [1.29, 1.82) is 0 Å². The number of nitrogen functional groups attached to an aromatic ring is 1. The number of ether oxygens (including phenoxy) is 3. The Labute approximate surface area is 190 Å². The van der Waals surface area contributed by atoms with Crippen LogP contribution in [0.15, 0.2) is 72.9 Å². The highest BCUT2D eigenvalue weighted by Gasteiger charge is 2.17. The minimum absolute atomic E-state index is 0.0223. The van der Waals surface area contributed by atoms with Crippen LogP contribution in [0.3, 0.4) is 0 Å². The van der Waals surface area contributed by atoms with E-state index in [0.29, 0.717) is 40.7 Å². The van der Waals surface area contributed by atoms with Gasteiger partial charge < -0.3 is 25.1 Å². The summed E-state index contributed by atoms with van der Waals surface area (Å²) in [4.78, 5) is 8.28. The summed E-state index contributed by atoms with van der Waals surface area (Å²) in [7, 11) is 0. The van der Waals surface area contributed by atoms with Crippen molar-refractivity contribution in [1.82, 2.24) is 9.97 Å². The van der Waals surface area contributed by atoms with Gasteiger partial charge in [-0.1, -0.05) is 30.3 Å². The van der Waals surface area contributed by atoms with E-state index in [2.05, 4.69) is 9.97 Å². The fourth-order valence-corrected chi connectivity index (χ4v) is 3.16. The number of hydrogen-bond donors (Lipinski definition) is 2. The van der Waals surface area contributed by atoms with Gasteiger partial charge in [-0.2, -0.15) is 0 Å². The minimum Gasteiger partial charge on any atom is -0.507 e. The molecule has 0 aliphatic rings. The number of benzene rings is 3. The molecule has 4 rings (SSSR count). The Hall–Kier alpha value is -4.33. The van der Waals surface area contributed by atoms with Crippen molar-refractivity contribution in [3.05, 3.63) is 84.3 Å². The molecular weight excluding hydrogens is 425 g/mol. The summed E-state index contributed by atoms with van der Waals surface area (Å²) in [5.74, 6) is 1.24. The monoisotopic (exact) mass is 447 g/mol. The Bertz CT molecular complexity index is 1270. The molecule has 8 heteroatoms. The van der Waals surface area contributed by atoms with Crippen LogP contribution in [0, 0.1) is 5.82 Å². The summed E-state index contributed by atoms with van der Waals surface area (Å²) in [6.07, 6.45) is 1.43. The zero-order valence-corrected chi connectivity index (χ0v) is 17.9. The predicted molar refractivity (Wildman–Crippen MR) is 122 cm³/mol. The number of phenolic OH excluding ortho intramolecular Hbond substituents is 1. The van der Waals surface area contributed by atoms with Gasteiger partial charge in [0.15, 0.2) is 17.2 Å². The summed E-state index contributed by atoms with van der Waals surface area (Å²) >= 11 is 0. The quantitative estimate of drug-likeness (QED) is 0.376. The fraction of sp³-hybridized carbons (Fsp3) is 0.120. The lowest BCUT2D eigenvalue weighted by Crippen LogP contribution is -2.01. The number of nitrogens with two attached hydrogens (primary N) is 1. The van der Waals surface area contributed by atoms with Crippen molar-refractivity contribution >= 4 is 5.95 Å². The number of phenols is 1. The number of aromatic hydroxyl groups is 1. The molecule has 0 aliphatic carbocycles. The lowest BCUT2D eigenvalue weighted by Gasteiger charge is -2.15. The van der Waals surface area contributed by atoms with Crippen LogP contribution in [-0.4, -0.2) is 21.7 Å². The van der Waals surface area contributed by atoms with Gasteiger partial charge in [0, 0.05) is 17.2 Å². The lowest BCUT2D eigenvalue weighted by molar-refractivity contribution is 0.298. The molecule has 1 heterocycles. The molecular formula is C25H22FN3O4. The van der Waals surface area contributed by atoms with E-state index in [-0.39, 0.29) is 29.9 Å². The van der Waals surface area contributed by atoms with Crippen molar-refractivity contribution < 1.29 is 23.7 Å². The highest BCUT2D eigenvalue weighted by molar-refractivity contribution is 5.74. The van der Waals surface area contributed by atoms with Gasteiger partial charge in [-0.05, 0) is 37.3 Å². The maximum Gasteiger partial charge on any atom is 0.220 e. The fourth-order valence-electron chi connectivity index (χ4n) is 3.16. The molecule has 0 bridgehead atoms. The SMILES string of the molecule is CCOc1ccccc1Oc1cnc(N)nc1-c1ccc(OCc2ccccc2F)cc1O. The zero-order chi connectivity index (χ0) is 23.2. The Morgan fingerprint density at radius 2 is 1.70 bits per heavy atom. The van der Waals surface area contributed by atoms with Gasteiger partial charge >= 0.3 is 0 Å². The smallest absolute Gasteiger partial charge is 0.220 e. The first-order valence-electron chi connectivity index (χ1n) is 10.3. The van der Waals surface area contributed by atoms with Crippen molar-refractivity contribution in [3.8, 4) is 40.0 Å². The average molecular weight is 447 g/mol. The first-order valence-corrected chi connectivity index (χ1v) is 10.3. The second-order valence-corrected chi connectivity index (χ2v) is 6.98. The molecule has 1 aromatic heterocycles. The van der Waals surface area contributed by atoms with Gasteiger partial charge in [-0.25, -0.2) is 14.4 Å². The standard InChI is InChI=1S/C25H22FN3O4/c1-2-31-21-9-5-6-10-22(21)33-23-14-28-25(27)29-24(23)18-12-11-17(13-20(18)30)32-15-16-7-3-4-8-19(16)26/h3-14,30H,2,15H2,1H3,(H2,27,28,29). The first kappa shape index (κ1) is 21.9. The highest BCUT2D eigenvalue weighted by atomic mass is 19.1. The largest absolute Gasteiger partial charge is 0.507 e. The van der Waals surface area contributed by atoms with E-state index in [4.69, 9.17) is 19.9 Å². The number of para-hydroxylation sites is 2. The molecule has 0 unspecified atom stereocenters. The zero-order valence-electron chi connectivity index (χ0n) is 17.9. The molecule has 33 heavy (non-hydrogen) atoms. The van der Waals surface area contributed by atoms with Crippen LogP contribution in [0.1, 0.15) is 12.5 Å². The molecule has 0 spiro atoms. The number of rotatable bonds is 8. The summed E-state index contributed by atoms with van der Waals surface area (Å²) < 4.78 is 31.1. The van der Waals surface area contributed by atoms with Crippen LogP contribution in [0.2, 0.25) is 0 Å². The molecule has 0 aliphatic heterocycles. The van der Waals surface area contributed by atoms with Crippen LogP contribution in [0.4, 0.5) is 10.3 Å². The summed E-state index contributed by atoms with van der Waals surface area (Å²) in [6.45, 7) is 2.37. The van der Waals surface area contributed by atoms with Gasteiger partial charge in [0.2, 0.25) is 5.95 Å². The molecule has 0 fully saturated rings. The summed E-state index contributed by atoms with van der Waals surface area (Å²) in [5, 5.41) is 10.7. The molecule has 3 aromatic carbocycles. The van der Waals surface area contributed by atoms with Gasteiger partial charge in [-0.15, -0.1) is 0 Å². The van der Waals surface area contributed by atoms with Crippen molar-refractivity contribution in [2.24, 2.45) is 0 Å². The number of aromatic nitrogens is 2. The van der Waals surface area contributed by atoms with Crippen LogP contribution < -0.4 is 19.9 Å². The molecule has 7 nitrogen and oxygen atoms in total. The molecule has 3 N–H and O–H groups in total. The Balaban J connectivity index is 1.61. The third-order valence-corrected chi connectivity index (χ3v) is 4.72. The number of halogens is 1. The molecule has 0 saturated carbocycles. The van der Waals surface area contributed by atoms with Crippen molar-refractivity contribution in [2.45, 2.75) is 13.5 Å². The van der Waals surface area contributed by atoms with Gasteiger partial charge in [0.1, 0.15) is 29.6 Å². The average Bonchev–Trinajstić information content (AvgIpc) is 2.81. The van der Waals surface area contributed by atoms with Crippen molar-refractivity contribution in [2.75, 3.05) is 12.3 Å². The predicted octanol–water partition coefficient (Wildman–Crippen LogP) is 5.34. The Morgan fingerprint density at radius 3 is 2.45 bits per heavy atom. The van der Waals surface area contributed by atoms with Crippen LogP contribution in [0.5, 0.6) is 28.7 Å². The van der Waals surface area contributed by atoms with E-state index in [1.807, 2.05) is 19.1 Å². The molecule has 168 valence electrons. The molecule has 0 amide bonds. The Kier molecular flexibility index (Phi) is 6.54. The molecule has 0 radical (unpaired) electrons. The van der Waals surface area contributed by atoms with E-state index < -0.39 is 0 Å². The first-order chi connectivity index (χ1) is 16.0. The van der Waals surface area contributed by atoms with E-state index in [9.17, 15) is 9.50 Å². The van der Waals surface area contributed by atoms with Gasteiger partial charge in [-0.3, -0.25) is 0 Å². The number of hydrogen-bond acceptors (Lipinski definition) is 7. The maximum atomic E-state index is 13.8. The molecule has 4 aromatic rings. The second kappa shape index (κ2) is 9.86. The summed E-state index contributed by atoms with van der Waals surface area (Å²) in [5.41, 5.74) is 6.87. The third-order valence-electron chi connectivity index (χ3n) is 4.72. The van der Waals surface area contributed by atoms with Crippen LogP contribution >= 0.6 is 0 Å². The highest BCUT2D eigenvalue weighted by Crippen LogP contribution is 2.40. The van der Waals surface area contributed by atoms with Crippen LogP contribution in [-0.2, 0) is 6.61 Å². The van der Waals surface area contributed by atoms with E-state index in [1.165, 1.54) is 18.3 Å². The normalized spacial score (nSPS) is 10.6. The number of nitrogens with zero attached hydrogens (tertiary/aromatic N) is 2. The van der Waals surface area contributed by atoms with E-state index in [0.717, 1.165) is 0 Å². The Morgan fingerprint density at radius 1 is 0.939 bits per heavy atom. The topological polar surface area (TPSA) is 99.7 Å². The summed E-state index contributed by atoms with van der Waals surface area (Å²) in [6, 6.07) is 18.2. The second-order valence-electron chi connectivity index (χ2n) is 6.98. The lowest BCUT2D eigenvalue weighted by atomic mass is 10.1. The van der Waals surface area contributed by atoms with E-state index in [1.54, 1.807) is 42.5 Å². The van der Waals surface area contributed by atoms with Crippen molar-refractivity contribution in [3.63, 3.8) is 0 Å². The third kappa shape index (κ3) is 5.12. The maximum absolute atomic E-state index is 13.8.